The van der Waals surface area contributed by atoms with Gasteiger partial charge >= 0.3 is 0 Å². The summed E-state index contributed by atoms with van der Waals surface area (Å²) in [4.78, 5) is 0. The summed E-state index contributed by atoms with van der Waals surface area (Å²) >= 11 is 1.35. The molecule has 0 saturated carbocycles. The first-order valence-electron chi connectivity index (χ1n) is 2.02. The third-order valence-corrected chi connectivity index (χ3v) is 0. The van der Waals surface area contributed by atoms with Crippen LogP contribution in [0.4, 0.5) is 0 Å². The second kappa shape index (κ2) is 9.12. The molecular formula is C3H11AlOSi. The lowest BCUT2D eigenvalue weighted by Crippen LogP contribution is -1.67. The number of hydrogen-bond donors (Lipinski definition) is 0. The molecule has 0 spiro atoms. The molecule has 0 aromatic rings. The molecule has 0 amide bonds. The van der Waals surface area contributed by atoms with Crippen LogP contribution in [-0.4, -0.2) is 26.4 Å². The van der Waals surface area contributed by atoms with E-state index in [1.54, 1.807) is 0 Å². The molecule has 6 heavy (non-hydrogen) atoms. The molecule has 0 heterocycles. The molecule has 0 N–H and O–H groups in total. The Morgan fingerprint density at radius 2 is 1.50 bits per heavy atom. The van der Waals surface area contributed by atoms with Gasteiger partial charge in [0.25, 0.3) is 0 Å². The van der Waals surface area contributed by atoms with Crippen LogP contribution in [0, 0.1) is 0 Å². The van der Waals surface area contributed by atoms with Crippen molar-refractivity contribution in [3.05, 3.63) is 0 Å². The van der Waals surface area contributed by atoms with E-state index in [1.807, 2.05) is 0 Å². The molecule has 0 unspecified atom stereocenters. The third-order valence-electron chi connectivity index (χ3n) is 0. The minimum Gasteiger partial charge on any atom is -0.396 e. The summed E-state index contributed by atoms with van der Waals surface area (Å²) in [5, 5.41) is 0. The first-order valence-corrected chi connectivity index (χ1v) is 3.75. The van der Waals surface area contributed by atoms with Crippen molar-refractivity contribution in [1.82, 2.24) is 0 Å². The van der Waals surface area contributed by atoms with Crippen molar-refractivity contribution in [2.24, 2.45) is 0 Å². The normalized spacial score (nSPS) is 6.50. The zero-order valence-electron chi connectivity index (χ0n) is 4.69. The maximum atomic E-state index is 8.28. The maximum Gasteiger partial charge on any atom is 0.245 e. The number of rotatable bonds is 0. The summed E-state index contributed by atoms with van der Waals surface area (Å²) in [6.45, 7) is 4.46. The average Bonchev–Trinajstić information content (AvgIpc) is 1.41. The van der Waals surface area contributed by atoms with Gasteiger partial charge in [-0.2, -0.15) is 0 Å². The van der Waals surface area contributed by atoms with Gasteiger partial charge in [-0.3, -0.25) is 0 Å². The summed E-state index contributed by atoms with van der Waals surface area (Å²) in [5.41, 5.74) is 0. The summed E-state index contributed by atoms with van der Waals surface area (Å²) in [6, 6.07) is 0. The topological polar surface area (TPSA) is 17.1 Å². The highest BCUT2D eigenvalue weighted by Crippen LogP contribution is 1.84. The van der Waals surface area contributed by atoms with Gasteiger partial charge in [0.15, 0.2) is 0 Å². The van der Waals surface area contributed by atoms with E-state index < -0.39 is 0 Å². The van der Waals surface area contributed by atoms with Crippen molar-refractivity contribution in [2.75, 3.05) is 0 Å². The molecule has 36 valence electrons. The second-order valence-electron chi connectivity index (χ2n) is 1.73. The van der Waals surface area contributed by atoms with Crippen molar-refractivity contribution >= 4 is 26.4 Å². The Bertz CT molecular complexity index is 22.0. The maximum absolute atomic E-state index is 8.28. The molecular weight excluding hydrogens is 107 g/mol. The SMILES string of the molecule is C[CH](C)[AlH2].O=[SiH2]. The van der Waals surface area contributed by atoms with E-state index in [-0.39, 0.29) is 0 Å². The average molecular weight is 118 g/mol. The predicted octanol–water partition coefficient (Wildman–Crippen LogP) is -0.587. The molecule has 0 rings (SSSR count). The molecule has 3 heteroatoms. The van der Waals surface area contributed by atoms with Gasteiger partial charge in [0, 0.05) is 0 Å². The Labute approximate surface area is 50.0 Å². The third kappa shape index (κ3) is 190. The largest absolute Gasteiger partial charge is 0.396 e. The fraction of sp³-hybridized carbons (Fsp3) is 1.00. The van der Waals surface area contributed by atoms with Crippen molar-refractivity contribution < 1.29 is 4.46 Å². The van der Waals surface area contributed by atoms with Crippen LogP contribution in [0.1, 0.15) is 13.8 Å². The van der Waals surface area contributed by atoms with Gasteiger partial charge in [-0.1, -0.05) is 18.6 Å². The minimum absolute atomic E-state index is 0.611. The monoisotopic (exact) mass is 118 g/mol. The quantitative estimate of drug-likeness (QED) is 0.389. The summed E-state index contributed by atoms with van der Waals surface area (Å²) < 4.78 is 9.25. The molecule has 1 nitrogen and oxygen atoms in total. The molecule has 0 bridgehead atoms. The predicted molar refractivity (Wildman–Crippen MR) is 32.9 cm³/mol. The van der Waals surface area contributed by atoms with Gasteiger partial charge in [-0.05, 0) is 0 Å². The Morgan fingerprint density at radius 1 is 1.50 bits per heavy atom. The van der Waals surface area contributed by atoms with Crippen molar-refractivity contribution in [2.45, 2.75) is 18.6 Å². The summed E-state index contributed by atoms with van der Waals surface area (Å²) in [6.07, 6.45) is 0. The summed E-state index contributed by atoms with van der Waals surface area (Å²) in [5.74, 6) is 0. The van der Waals surface area contributed by atoms with Crippen LogP contribution in [0.15, 0.2) is 0 Å². The first kappa shape index (κ1) is 9.75. The van der Waals surface area contributed by atoms with Gasteiger partial charge in [0.2, 0.25) is 26.4 Å². The van der Waals surface area contributed by atoms with Crippen LogP contribution in [0.25, 0.3) is 0 Å². The molecule has 0 aliphatic heterocycles. The zero-order valence-corrected chi connectivity index (χ0v) is 8.11. The Hall–Kier alpha value is 0.549. The molecule has 0 aromatic carbocycles. The van der Waals surface area contributed by atoms with Crippen molar-refractivity contribution in [3.8, 4) is 0 Å². The van der Waals surface area contributed by atoms with E-state index in [1.165, 1.54) is 16.3 Å². The van der Waals surface area contributed by atoms with Crippen LogP contribution in [0.3, 0.4) is 0 Å². The highest BCUT2D eigenvalue weighted by Gasteiger charge is 1.70. The van der Waals surface area contributed by atoms with Gasteiger partial charge in [-0.25, -0.2) is 0 Å². The molecule has 0 fully saturated rings. The smallest absolute Gasteiger partial charge is 0.245 e. The fourth-order valence-corrected chi connectivity index (χ4v) is 0. The van der Waals surface area contributed by atoms with E-state index in [4.69, 9.17) is 4.46 Å². The Morgan fingerprint density at radius 3 is 1.50 bits per heavy atom. The molecule has 0 aliphatic rings. The molecule has 0 saturated heterocycles. The van der Waals surface area contributed by atoms with E-state index in [0.29, 0.717) is 10.1 Å². The highest BCUT2D eigenvalue weighted by atomic mass is 28.1. The highest BCUT2D eigenvalue weighted by molar-refractivity contribution is 6.10. The van der Waals surface area contributed by atoms with E-state index in [9.17, 15) is 0 Å². The van der Waals surface area contributed by atoms with E-state index in [0.717, 1.165) is 4.78 Å². The van der Waals surface area contributed by atoms with Crippen LogP contribution >= 0.6 is 0 Å². The second-order valence-corrected chi connectivity index (χ2v) is 4.04. The van der Waals surface area contributed by atoms with Gasteiger partial charge in [-0.15, -0.1) is 0 Å². The lowest BCUT2D eigenvalue weighted by molar-refractivity contribution is 0.590. The minimum atomic E-state index is 0.611. The molecule has 0 aromatic heterocycles. The Kier molecular flexibility index (Phi) is 14.8. The van der Waals surface area contributed by atoms with Gasteiger partial charge in [0.1, 0.15) is 0 Å². The fourth-order valence-electron chi connectivity index (χ4n) is 0. The van der Waals surface area contributed by atoms with Crippen molar-refractivity contribution in [1.29, 1.82) is 0 Å². The molecule has 0 atom stereocenters. The van der Waals surface area contributed by atoms with E-state index >= 15 is 0 Å². The first-order chi connectivity index (χ1) is 2.73. The molecule has 0 aliphatic carbocycles. The van der Waals surface area contributed by atoms with Crippen LogP contribution in [0.2, 0.25) is 4.78 Å². The van der Waals surface area contributed by atoms with Gasteiger partial charge in [0.05, 0.1) is 0 Å². The number of hydrogen-bond acceptors (Lipinski definition) is 1. The standard InChI is InChI=1S/C3H7.Al.H2OSi.2H/c1-3-2;;1-2;;/h3H,1-2H3;;2H2;;. The zero-order chi connectivity index (χ0) is 5.58. The summed E-state index contributed by atoms with van der Waals surface area (Å²) in [7, 11) is 0.611. The van der Waals surface area contributed by atoms with Crippen molar-refractivity contribution in [3.63, 3.8) is 0 Å². The molecule has 0 radical (unpaired) electrons. The lowest BCUT2D eigenvalue weighted by Gasteiger charge is -1.77. The van der Waals surface area contributed by atoms with Crippen LogP contribution in [-0.2, 0) is 4.46 Å². The van der Waals surface area contributed by atoms with Crippen LogP contribution in [0.5, 0.6) is 0 Å². The Balaban J connectivity index is 0. The van der Waals surface area contributed by atoms with Crippen LogP contribution < -0.4 is 0 Å². The van der Waals surface area contributed by atoms with E-state index in [2.05, 4.69) is 13.8 Å². The van der Waals surface area contributed by atoms with Gasteiger partial charge < -0.3 is 4.46 Å². The lowest BCUT2D eigenvalue weighted by atomic mass is 10.6.